The van der Waals surface area contributed by atoms with Crippen LogP contribution in [0, 0.1) is 17.9 Å². The number of nitriles is 1. The van der Waals surface area contributed by atoms with Crippen LogP contribution in [-0.2, 0) is 0 Å². The third-order valence-corrected chi connectivity index (χ3v) is 6.02. The number of nitrogens with zero attached hydrogens (tertiary/aromatic N) is 3. The van der Waals surface area contributed by atoms with Crippen molar-refractivity contribution in [1.82, 2.24) is 4.57 Å². The monoisotopic (exact) mass is 393 g/mol. The predicted molar refractivity (Wildman–Crippen MR) is 127 cm³/mol. The van der Waals surface area contributed by atoms with Crippen molar-refractivity contribution in [3.8, 4) is 11.8 Å². The van der Waals surface area contributed by atoms with Gasteiger partial charge in [-0.3, -0.25) is 0 Å². The zero-order chi connectivity index (χ0) is 20.9. The topological polar surface area (TPSA) is 33.1 Å². The molecule has 6 aromatic rings. The molecule has 0 fully saturated rings. The van der Waals surface area contributed by atoms with Crippen molar-refractivity contribution in [3.63, 3.8) is 0 Å². The van der Waals surface area contributed by atoms with Crippen LogP contribution in [0.3, 0.4) is 0 Å². The van der Waals surface area contributed by atoms with Crippen LogP contribution in [0.2, 0.25) is 0 Å². The van der Waals surface area contributed by atoms with Gasteiger partial charge in [-0.2, -0.15) is 5.26 Å². The van der Waals surface area contributed by atoms with E-state index in [0.717, 1.165) is 27.5 Å². The zero-order valence-corrected chi connectivity index (χ0v) is 16.5. The molecular formula is C28H15N3. The minimum absolute atomic E-state index is 0.519. The zero-order valence-electron chi connectivity index (χ0n) is 16.5. The Balaban J connectivity index is 1.98. The Morgan fingerprint density at radius 1 is 0.710 bits per heavy atom. The summed E-state index contributed by atoms with van der Waals surface area (Å²) in [6, 6.07) is 32.8. The Bertz CT molecular complexity index is 1760. The molecule has 0 aliphatic carbocycles. The van der Waals surface area contributed by atoms with Gasteiger partial charge in [0.25, 0.3) is 0 Å². The third-order valence-electron chi connectivity index (χ3n) is 6.02. The molecule has 6 rings (SSSR count). The highest BCUT2D eigenvalue weighted by molar-refractivity contribution is 6.32. The van der Waals surface area contributed by atoms with E-state index in [1.165, 1.54) is 21.5 Å². The molecule has 3 heteroatoms. The van der Waals surface area contributed by atoms with Crippen LogP contribution in [0.1, 0.15) is 5.56 Å². The first-order valence-electron chi connectivity index (χ1n) is 10.1. The summed E-state index contributed by atoms with van der Waals surface area (Å²) in [6.45, 7) is 7.49. The van der Waals surface area contributed by atoms with Crippen molar-refractivity contribution in [3.05, 3.63) is 108 Å². The van der Waals surface area contributed by atoms with Crippen LogP contribution in [-0.4, -0.2) is 4.57 Å². The fourth-order valence-corrected chi connectivity index (χ4v) is 4.75. The normalized spacial score (nSPS) is 11.2. The van der Waals surface area contributed by atoms with Gasteiger partial charge in [-0.05, 0) is 28.3 Å². The second-order valence-corrected chi connectivity index (χ2v) is 7.59. The number of aromatic nitrogens is 1. The first-order chi connectivity index (χ1) is 15.3. The number of rotatable bonds is 1. The number of benzene rings is 5. The Hall–Kier alpha value is -4.60. The molecule has 0 saturated heterocycles. The highest BCUT2D eigenvalue weighted by Crippen LogP contribution is 2.42. The average molecular weight is 393 g/mol. The van der Waals surface area contributed by atoms with E-state index in [1.54, 1.807) is 12.1 Å². The fourth-order valence-electron chi connectivity index (χ4n) is 4.75. The number of fused-ring (bicyclic) bond motifs is 8. The second kappa shape index (κ2) is 6.46. The van der Waals surface area contributed by atoms with Crippen molar-refractivity contribution >= 4 is 49.0 Å². The van der Waals surface area contributed by atoms with E-state index < -0.39 is 0 Å². The van der Waals surface area contributed by atoms with Gasteiger partial charge in [0, 0.05) is 16.2 Å². The van der Waals surface area contributed by atoms with Gasteiger partial charge in [0.05, 0.1) is 28.9 Å². The number of hydrogen-bond donors (Lipinski definition) is 0. The molecule has 0 atom stereocenters. The van der Waals surface area contributed by atoms with Gasteiger partial charge in [-0.1, -0.05) is 78.9 Å². The SMILES string of the molecule is [C-]#[N+]c1ccc(C#N)c(-n2c3ccccc3c3c4ccccc4c4ccccc4c32)c1. The van der Waals surface area contributed by atoms with E-state index in [1.807, 2.05) is 12.1 Å². The smallest absolute Gasteiger partial charge is 0.189 e. The van der Waals surface area contributed by atoms with Gasteiger partial charge in [-0.25, -0.2) is 4.85 Å². The summed E-state index contributed by atoms with van der Waals surface area (Å²) in [5.41, 5.74) is 3.90. The summed E-state index contributed by atoms with van der Waals surface area (Å²) < 4.78 is 2.16. The molecule has 31 heavy (non-hydrogen) atoms. The quantitative estimate of drug-likeness (QED) is 0.210. The minimum Gasteiger partial charge on any atom is -0.309 e. The molecular weight excluding hydrogens is 378 g/mol. The molecule has 1 aromatic heterocycles. The molecule has 5 aromatic carbocycles. The maximum absolute atomic E-state index is 9.87. The van der Waals surface area contributed by atoms with E-state index in [-0.39, 0.29) is 0 Å². The second-order valence-electron chi connectivity index (χ2n) is 7.59. The van der Waals surface area contributed by atoms with Crippen LogP contribution in [0.4, 0.5) is 5.69 Å². The van der Waals surface area contributed by atoms with Crippen LogP contribution < -0.4 is 0 Å². The number of hydrogen-bond acceptors (Lipinski definition) is 1. The Kier molecular flexibility index (Phi) is 3.60. The Labute approximate surface area is 178 Å². The molecule has 0 N–H and O–H groups in total. The lowest BCUT2D eigenvalue weighted by Crippen LogP contribution is -1.98. The van der Waals surface area contributed by atoms with E-state index in [9.17, 15) is 5.26 Å². The first kappa shape index (κ1) is 17.3. The molecule has 0 aliphatic rings. The van der Waals surface area contributed by atoms with E-state index >= 15 is 0 Å². The van der Waals surface area contributed by atoms with Crippen LogP contribution in [0.15, 0.2) is 91.0 Å². The summed E-state index contributed by atoms with van der Waals surface area (Å²) in [5.74, 6) is 0. The average Bonchev–Trinajstić information content (AvgIpc) is 3.19. The summed E-state index contributed by atoms with van der Waals surface area (Å²) in [7, 11) is 0. The fraction of sp³-hybridized carbons (Fsp3) is 0. The molecule has 0 bridgehead atoms. The van der Waals surface area contributed by atoms with Crippen LogP contribution >= 0.6 is 0 Å². The summed E-state index contributed by atoms with van der Waals surface area (Å²) >= 11 is 0. The van der Waals surface area contributed by atoms with Gasteiger partial charge in [0.2, 0.25) is 0 Å². The third kappa shape index (κ3) is 2.32. The van der Waals surface area contributed by atoms with Crippen molar-refractivity contribution in [2.24, 2.45) is 0 Å². The van der Waals surface area contributed by atoms with Crippen molar-refractivity contribution in [2.45, 2.75) is 0 Å². The maximum Gasteiger partial charge on any atom is 0.189 e. The summed E-state index contributed by atoms with van der Waals surface area (Å²) in [4.78, 5) is 3.62. The molecule has 0 saturated carbocycles. The minimum atomic E-state index is 0.519. The molecule has 0 spiro atoms. The molecule has 3 nitrogen and oxygen atoms in total. The van der Waals surface area contributed by atoms with Crippen LogP contribution in [0.5, 0.6) is 0 Å². The van der Waals surface area contributed by atoms with Gasteiger partial charge in [0.15, 0.2) is 5.69 Å². The van der Waals surface area contributed by atoms with Crippen molar-refractivity contribution in [2.75, 3.05) is 0 Å². The van der Waals surface area contributed by atoms with E-state index in [4.69, 9.17) is 6.57 Å². The van der Waals surface area contributed by atoms with Gasteiger partial charge >= 0.3 is 0 Å². The molecule has 0 radical (unpaired) electrons. The predicted octanol–water partition coefficient (Wildman–Crippen LogP) is 7.51. The van der Waals surface area contributed by atoms with Crippen molar-refractivity contribution < 1.29 is 0 Å². The van der Waals surface area contributed by atoms with Crippen LogP contribution in [0.25, 0.3) is 53.9 Å². The lowest BCUT2D eigenvalue weighted by Gasteiger charge is -2.13. The first-order valence-corrected chi connectivity index (χ1v) is 10.1. The highest BCUT2D eigenvalue weighted by atomic mass is 15.0. The lowest BCUT2D eigenvalue weighted by molar-refractivity contribution is 1.18. The summed E-state index contributed by atoms with van der Waals surface area (Å²) in [5, 5.41) is 16.9. The molecule has 0 amide bonds. The largest absolute Gasteiger partial charge is 0.309 e. The lowest BCUT2D eigenvalue weighted by atomic mass is 9.97. The number of para-hydroxylation sites is 1. The summed E-state index contributed by atoms with van der Waals surface area (Å²) in [6.07, 6.45) is 0. The molecule has 0 unspecified atom stereocenters. The van der Waals surface area contributed by atoms with Gasteiger partial charge < -0.3 is 4.57 Å². The van der Waals surface area contributed by atoms with E-state index in [2.05, 4.69) is 82.2 Å². The maximum atomic E-state index is 9.87. The van der Waals surface area contributed by atoms with Gasteiger partial charge in [0.1, 0.15) is 6.07 Å². The Morgan fingerprint density at radius 2 is 1.32 bits per heavy atom. The highest BCUT2D eigenvalue weighted by Gasteiger charge is 2.20. The van der Waals surface area contributed by atoms with E-state index in [0.29, 0.717) is 11.3 Å². The Morgan fingerprint density at radius 3 is 2.03 bits per heavy atom. The molecule has 142 valence electrons. The van der Waals surface area contributed by atoms with Crippen molar-refractivity contribution in [1.29, 1.82) is 5.26 Å². The molecule has 0 aliphatic heterocycles. The molecule has 1 heterocycles. The standard InChI is InChI=1S/C28H15N3/c1-30-19-15-14-18(17-29)26(16-19)31-25-13-7-6-12-24(25)27-22-10-4-2-8-20(22)21-9-3-5-11-23(21)28(27)31/h2-16H. The van der Waals surface area contributed by atoms with Gasteiger partial charge in [-0.15, -0.1) is 0 Å².